The Hall–Kier alpha value is -1.38. The maximum atomic E-state index is 9.96. The van der Waals surface area contributed by atoms with Crippen molar-refractivity contribution in [1.82, 2.24) is 0 Å². The molecule has 1 atom stereocenters. The first kappa shape index (κ1) is 13.1. The molecule has 0 bridgehead atoms. The molecule has 0 unspecified atom stereocenters. The van der Waals surface area contributed by atoms with Gasteiger partial charge in [-0.05, 0) is 21.2 Å². The summed E-state index contributed by atoms with van der Waals surface area (Å²) < 4.78 is 0.808. The molecule has 0 fully saturated rings. The van der Waals surface area contributed by atoms with Gasteiger partial charge in [0.05, 0.1) is 6.10 Å². The fraction of sp³-hybridized carbons (Fsp3) is 0.125. The standard InChI is InChI=1S/C16H15BrO/c1-12(17)11-16(18)15-9-7-14(8-10-15)13-5-3-2-4-6-13/h2-10,16,18H,1,11H2/t16-/m0/s1. The Kier molecular flexibility index (Phi) is 4.34. The van der Waals surface area contributed by atoms with E-state index in [-0.39, 0.29) is 0 Å². The van der Waals surface area contributed by atoms with Gasteiger partial charge >= 0.3 is 0 Å². The van der Waals surface area contributed by atoms with Crippen molar-refractivity contribution in [2.75, 3.05) is 0 Å². The molecule has 0 spiro atoms. The van der Waals surface area contributed by atoms with Crippen LogP contribution >= 0.6 is 15.9 Å². The average molecular weight is 303 g/mol. The van der Waals surface area contributed by atoms with E-state index in [0.29, 0.717) is 6.42 Å². The van der Waals surface area contributed by atoms with Crippen molar-refractivity contribution in [3.63, 3.8) is 0 Å². The Morgan fingerprint density at radius 3 is 2.11 bits per heavy atom. The smallest absolute Gasteiger partial charge is 0.0835 e. The topological polar surface area (TPSA) is 20.2 Å². The highest BCUT2D eigenvalue weighted by Gasteiger charge is 2.08. The van der Waals surface area contributed by atoms with Crippen molar-refractivity contribution < 1.29 is 5.11 Å². The molecule has 2 heteroatoms. The molecule has 0 saturated heterocycles. The van der Waals surface area contributed by atoms with Gasteiger partial charge in [-0.25, -0.2) is 0 Å². The normalized spacial score (nSPS) is 12.1. The predicted octanol–water partition coefficient (Wildman–Crippen LogP) is 4.69. The Balaban J connectivity index is 2.18. The fourth-order valence-electron chi connectivity index (χ4n) is 1.86. The zero-order valence-electron chi connectivity index (χ0n) is 10.0. The van der Waals surface area contributed by atoms with Gasteiger partial charge in [-0.15, -0.1) is 0 Å². The van der Waals surface area contributed by atoms with Gasteiger partial charge in [0, 0.05) is 6.42 Å². The number of benzene rings is 2. The molecule has 2 rings (SSSR count). The molecule has 2 aromatic carbocycles. The molecule has 0 aromatic heterocycles. The van der Waals surface area contributed by atoms with Crippen LogP contribution < -0.4 is 0 Å². The monoisotopic (exact) mass is 302 g/mol. The largest absolute Gasteiger partial charge is 0.388 e. The summed E-state index contributed by atoms with van der Waals surface area (Å²) in [4.78, 5) is 0. The van der Waals surface area contributed by atoms with Gasteiger partial charge in [0.15, 0.2) is 0 Å². The molecule has 2 aromatic rings. The second-order valence-corrected chi connectivity index (χ2v) is 5.35. The summed E-state index contributed by atoms with van der Waals surface area (Å²) in [5.41, 5.74) is 3.25. The number of hydrogen-bond acceptors (Lipinski definition) is 1. The van der Waals surface area contributed by atoms with E-state index in [1.807, 2.05) is 42.5 Å². The zero-order chi connectivity index (χ0) is 13.0. The summed E-state index contributed by atoms with van der Waals surface area (Å²) in [6.45, 7) is 3.74. The molecule has 0 heterocycles. The molecule has 0 amide bonds. The lowest BCUT2D eigenvalue weighted by atomic mass is 10.0. The number of rotatable bonds is 4. The number of halogens is 1. The summed E-state index contributed by atoms with van der Waals surface area (Å²) in [5, 5.41) is 9.96. The fourth-order valence-corrected chi connectivity index (χ4v) is 2.16. The van der Waals surface area contributed by atoms with Gasteiger partial charge in [0.1, 0.15) is 0 Å². The van der Waals surface area contributed by atoms with E-state index in [4.69, 9.17) is 0 Å². The van der Waals surface area contributed by atoms with E-state index in [1.54, 1.807) is 0 Å². The maximum Gasteiger partial charge on any atom is 0.0835 e. The summed E-state index contributed by atoms with van der Waals surface area (Å²) in [6, 6.07) is 18.2. The van der Waals surface area contributed by atoms with Crippen molar-refractivity contribution in [1.29, 1.82) is 0 Å². The Bertz CT molecular complexity index is 517. The van der Waals surface area contributed by atoms with Crippen molar-refractivity contribution in [2.24, 2.45) is 0 Å². The van der Waals surface area contributed by atoms with Crippen LogP contribution in [0.4, 0.5) is 0 Å². The molecule has 0 radical (unpaired) electrons. The van der Waals surface area contributed by atoms with Gasteiger partial charge in [-0.1, -0.05) is 77.1 Å². The molecule has 0 aliphatic heterocycles. The predicted molar refractivity (Wildman–Crippen MR) is 79.5 cm³/mol. The molecule has 1 N–H and O–H groups in total. The van der Waals surface area contributed by atoms with Gasteiger partial charge in [-0.2, -0.15) is 0 Å². The summed E-state index contributed by atoms with van der Waals surface area (Å²) in [5.74, 6) is 0. The molecule has 0 saturated carbocycles. The highest BCUT2D eigenvalue weighted by atomic mass is 79.9. The van der Waals surface area contributed by atoms with Crippen LogP contribution in [0.3, 0.4) is 0 Å². The lowest BCUT2D eigenvalue weighted by Gasteiger charge is -2.11. The SMILES string of the molecule is C=C(Br)C[C@H](O)c1ccc(-c2ccccc2)cc1. The minimum atomic E-state index is -0.498. The maximum absolute atomic E-state index is 9.96. The lowest BCUT2D eigenvalue weighted by molar-refractivity contribution is 0.181. The van der Waals surface area contributed by atoms with E-state index < -0.39 is 6.10 Å². The lowest BCUT2D eigenvalue weighted by Crippen LogP contribution is -1.96. The molecular formula is C16H15BrO. The molecule has 18 heavy (non-hydrogen) atoms. The third-order valence-corrected chi connectivity index (χ3v) is 3.14. The van der Waals surface area contributed by atoms with Gasteiger partial charge in [0.25, 0.3) is 0 Å². The molecule has 1 nitrogen and oxygen atoms in total. The molecule has 92 valence electrons. The highest BCUT2D eigenvalue weighted by molar-refractivity contribution is 9.11. The van der Waals surface area contributed by atoms with E-state index in [2.05, 4.69) is 34.6 Å². The van der Waals surface area contributed by atoms with Gasteiger partial charge < -0.3 is 5.11 Å². The van der Waals surface area contributed by atoms with Crippen molar-refractivity contribution >= 4 is 15.9 Å². The van der Waals surface area contributed by atoms with Gasteiger partial charge in [0.2, 0.25) is 0 Å². The highest BCUT2D eigenvalue weighted by Crippen LogP contribution is 2.25. The van der Waals surface area contributed by atoms with Crippen LogP contribution in [0, 0.1) is 0 Å². The number of aliphatic hydroxyl groups is 1. The first-order chi connectivity index (χ1) is 8.66. The van der Waals surface area contributed by atoms with Crippen LogP contribution in [0.15, 0.2) is 65.7 Å². The first-order valence-corrected chi connectivity index (χ1v) is 6.63. The molecular weight excluding hydrogens is 288 g/mol. The zero-order valence-corrected chi connectivity index (χ0v) is 11.6. The van der Waals surface area contributed by atoms with Crippen LogP contribution in [0.2, 0.25) is 0 Å². The van der Waals surface area contributed by atoms with E-state index in [1.165, 1.54) is 5.56 Å². The Morgan fingerprint density at radius 1 is 1.00 bits per heavy atom. The van der Waals surface area contributed by atoms with E-state index >= 15 is 0 Å². The van der Waals surface area contributed by atoms with Crippen LogP contribution in [0.25, 0.3) is 11.1 Å². The first-order valence-electron chi connectivity index (χ1n) is 5.83. The Labute approximate surface area is 116 Å². The third-order valence-electron chi connectivity index (χ3n) is 2.82. The van der Waals surface area contributed by atoms with Crippen molar-refractivity contribution in [2.45, 2.75) is 12.5 Å². The van der Waals surface area contributed by atoms with Crippen LogP contribution in [-0.4, -0.2) is 5.11 Å². The molecule has 0 aliphatic rings. The number of hydrogen-bond donors (Lipinski definition) is 1. The minimum absolute atomic E-state index is 0.498. The quantitative estimate of drug-likeness (QED) is 0.869. The van der Waals surface area contributed by atoms with Crippen LogP contribution in [0.5, 0.6) is 0 Å². The van der Waals surface area contributed by atoms with Crippen molar-refractivity contribution in [3.8, 4) is 11.1 Å². The average Bonchev–Trinajstić information content (AvgIpc) is 2.39. The minimum Gasteiger partial charge on any atom is -0.388 e. The van der Waals surface area contributed by atoms with Crippen LogP contribution in [-0.2, 0) is 0 Å². The summed E-state index contributed by atoms with van der Waals surface area (Å²) in [6.07, 6.45) is 0.0340. The second-order valence-electron chi connectivity index (χ2n) is 4.23. The summed E-state index contributed by atoms with van der Waals surface area (Å²) >= 11 is 3.27. The summed E-state index contributed by atoms with van der Waals surface area (Å²) in [7, 11) is 0. The van der Waals surface area contributed by atoms with Crippen LogP contribution in [0.1, 0.15) is 18.1 Å². The second kappa shape index (κ2) is 5.98. The third kappa shape index (κ3) is 3.31. The van der Waals surface area contributed by atoms with E-state index in [0.717, 1.165) is 15.6 Å². The molecule has 0 aliphatic carbocycles. The number of aliphatic hydroxyl groups excluding tert-OH is 1. The Morgan fingerprint density at radius 2 is 1.56 bits per heavy atom. The van der Waals surface area contributed by atoms with E-state index in [9.17, 15) is 5.11 Å². The van der Waals surface area contributed by atoms with Crippen molar-refractivity contribution in [3.05, 3.63) is 71.2 Å². The van der Waals surface area contributed by atoms with Gasteiger partial charge in [-0.3, -0.25) is 0 Å².